The number of carbonyl (C=O) groups excluding carboxylic acids is 1. The summed E-state index contributed by atoms with van der Waals surface area (Å²) in [5, 5.41) is 22.9. The third kappa shape index (κ3) is 4.22. The Balaban J connectivity index is 1.75. The predicted molar refractivity (Wildman–Crippen MR) is 130 cm³/mol. The van der Waals surface area contributed by atoms with Crippen LogP contribution in [0.3, 0.4) is 0 Å². The van der Waals surface area contributed by atoms with Crippen LogP contribution in [0.4, 0.5) is 0 Å². The van der Waals surface area contributed by atoms with Gasteiger partial charge in [0.15, 0.2) is 5.96 Å². The molecular weight excluding hydrogens is 432 g/mol. The summed E-state index contributed by atoms with van der Waals surface area (Å²) in [6.45, 7) is 5.92. The summed E-state index contributed by atoms with van der Waals surface area (Å²) in [6, 6.07) is 19.3. The molecule has 1 fully saturated rings. The van der Waals surface area contributed by atoms with Gasteiger partial charge in [0.05, 0.1) is 29.2 Å². The molecule has 2 aromatic carbocycles. The van der Waals surface area contributed by atoms with Crippen molar-refractivity contribution in [3.8, 4) is 22.9 Å². The first-order valence-electron chi connectivity index (χ1n) is 10.7. The summed E-state index contributed by atoms with van der Waals surface area (Å²) in [6.07, 6.45) is 0.0646. The normalized spacial score (nSPS) is 20.5. The maximum absolute atomic E-state index is 13.4. The Kier molecular flexibility index (Phi) is 5.96. The second kappa shape index (κ2) is 8.72. The van der Waals surface area contributed by atoms with Gasteiger partial charge in [-0.1, -0.05) is 24.3 Å². The molecule has 2 atom stereocenters. The highest BCUT2D eigenvalue weighted by Crippen LogP contribution is 2.44. The Morgan fingerprint density at radius 3 is 2.58 bits per heavy atom. The Morgan fingerprint density at radius 1 is 1.18 bits per heavy atom. The topological polar surface area (TPSA) is 89.2 Å². The molecule has 2 N–H and O–H groups in total. The van der Waals surface area contributed by atoms with Gasteiger partial charge in [-0.3, -0.25) is 15.1 Å². The number of hydrogen-bond donors (Lipinski definition) is 2. The van der Waals surface area contributed by atoms with Crippen LogP contribution in [0.2, 0.25) is 0 Å². The van der Waals surface area contributed by atoms with Crippen molar-refractivity contribution in [1.29, 1.82) is 10.7 Å². The van der Waals surface area contributed by atoms with Gasteiger partial charge in [0.1, 0.15) is 5.75 Å². The second-order valence-corrected chi connectivity index (χ2v) is 9.55. The summed E-state index contributed by atoms with van der Waals surface area (Å²) in [5.41, 5.74) is 2.57. The van der Waals surface area contributed by atoms with Crippen LogP contribution in [0.5, 0.6) is 5.75 Å². The molecule has 0 aliphatic carbocycles. The van der Waals surface area contributed by atoms with Crippen LogP contribution in [-0.4, -0.2) is 29.9 Å². The number of nitriles is 1. The van der Waals surface area contributed by atoms with Crippen molar-refractivity contribution in [1.82, 2.24) is 10.2 Å². The van der Waals surface area contributed by atoms with Crippen molar-refractivity contribution < 1.29 is 9.53 Å². The number of carbonyl (C=O) groups is 1. The minimum Gasteiger partial charge on any atom is -0.491 e. The van der Waals surface area contributed by atoms with E-state index in [1.807, 2.05) is 74.7 Å². The first kappa shape index (κ1) is 22.6. The number of nitrogens with zero attached hydrogens (tertiary/aromatic N) is 2. The molecule has 1 unspecified atom stereocenters. The summed E-state index contributed by atoms with van der Waals surface area (Å²) in [7, 11) is 1.62. The molecule has 1 saturated heterocycles. The Hall–Kier alpha value is -3.63. The Morgan fingerprint density at radius 2 is 1.91 bits per heavy atom. The van der Waals surface area contributed by atoms with Crippen molar-refractivity contribution in [3.63, 3.8) is 0 Å². The molecule has 4 rings (SSSR count). The highest BCUT2D eigenvalue weighted by atomic mass is 32.1. The SMILES string of the molecule is CC(C)Oc1ccc(C2C(=O)N(C)C(=N)N[C@]2(C)c2cc(-c3cccc(C#N)c3)cs2)cc1. The summed E-state index contributed by atoms with van der Waals surface area (Å²) < 4.78 is 5.76. The third-order valence-corrected chi connectivity index (χ3v) is 7.06. The quantitative estimate of drug-likeness (QED) is 0.559. The van der Waals surface area contributed by atoms with Crippen molar-refractivity contribution in [2.24, 2.45) is 0 Å². The van der Waals surface area contributed by atoms with Gasteiger partial charge in [-0.15, -0.1) is 11.3 Å². The van der Waals surface area contributed by atoms with Gasteiger partial charge in [0, 0.05) is 11.9 Å². The van der Waals surface area contributed by atoms with Crippen molar-refractivity contribution in [2.75, 3.05) is 7.05 Å². The van der Waals surface area contributed by atoms with Gasteiger partial charge in [-0.25, -0.2) is 0 Å². The average Bonchev–Trinajstić information content (AvgIpc) is 3.30. The van der Waals surface area contributed by atoms with E-state index in [0.717, 1.165) is 27.3 Å². The first-order chi connectivity index (χ1) is 15.7. The van der Waals surface area contributed by atoms with E-state index >= 15 is 0 Å². The van der Waals surface area contributed by atoms with Gasteiger partial charge in [-0.2, -0.15) is 5.26 Å². The number of benzene rings is 2. The molecule has 1 aromatic heterocycles. The standard InChI is InChI=1S/C26H26N4O2S/c1-16(2)32-21-10-8-18(9-11-21)23-24(31)30(4)25(28)29-26(23,3)22-13-20(15-33-22)19-7-5-6-17(12-19)14-27/h5-13,15-16,23H,1-4H3,(H2,28,29)/t23?,26-/m1/s1. The zero-order valence-electron chi connectivity index (χ0n) is 19.0. The first-order valence-corrected chi connectivity index (χ1v) is 11.6. The lowest BCUT2D eigenvalue weighted by atomic mass is 9.76. The van der Waals surface area contributed by atoms with Crippen LogP contribution < -0.4 is 10.1 Å². The van der Waals surface area contributed by atoms with E-state index in [0.29, 0.717) is 5.56 Å². The van der Waals surface area contributed by atoms with Crippen LogP contribution in [0.15, 0.2) is 60.0 Å². The van der Waals surface area contributed by atoms with E-state index in [2.05, 4.69) is 11.4 Å². The molecule has 1 aliphatic heterocycles. The van der Waals surface area contributed by atoms with E-state index in [-0.39, 0.29) is 18.0 Å². The van der Waals surface area contributed by atoms with E-state index in [9.17, 15) is 10.1 Å². The smallest absolute Gasteiger partial charge is 0.239 e. The number of amides is 1. The molecule has 3 aromatic rings. The molecule has 168 valence electrons. The predicted octanol–water partition coefficient (Wildman–Crippen LogP) is 5.07. The number of hydrogen-bond acceptors (Lipinski definition) is 5. The fraction of sp³-hybridized carbons (Fsp3) is 0.269. The zero-order chi connectivity index (χ0) is 23.8. The van der Waals surface area contributed by atoms with Gasteiger partial charge >= 0.3 is 0 Å². The lowest BCUT2D eigenvalue weighted by Crippen LogP contribution is -2.62. The molecule has 33 heavy (non-hydrogen) atoms. The highest BCUT2D eigenvalue weighted by Gasteiger charge is 2.49. The molecule has 2 heterocycles. The highest BCUT2D eigenvalue weighted by molar-refractivity contribution is 7.10. The van der Waals surface area contributed by atoms with E-state index in [1.165, 1.54) is 4.90 Å². The van der Waals surface area contributed by atoms with Crippen LogP contribution >= 0.6 is 11.3 Å². The average molecular weight is 459 g/mol. The number of nitrogens with one attached hydrogen (secondary N) is 2. The molecule has 7 heteroatoms. The van der Waals surface area contributed by atoms with Crippen molar-refractivity contribution >= 4 is 23.2 Å². The van der Waals surface area contributed by atoms with Crippen LogP contribution in [0, 0.1) is 16.7 Å². The number of rotatable bonds is 5. The second-order valence-electron chi connectivity index (χ2n) is 8.63. The lowest BCUT2D eigenvalue weighted by Gasteiger charge is -2.45. The minimum absolute atomic E-state index is 0.0646. The van der Waals surface area contributed by atoms with E-state index in [1.54, 1.807) is 24.5 Å². The number of thiophene rings is 1. The molecule has 1 amide bonds. The maximum atomic E-state index is 13.4. The molecule has 0 saturated carbocycles. The fourth-order valence-electron chi connectivity index (χ4n) is 4.17. The Bertz CT molecular complexity index is 1240. The van der Waals surface area contributed by atoms with Crippen LogP contribution in [-0.2, 0) is 10.3 Å². The maximum Gasteiger partial charge on any atom is 0.239 e. The van der Waals surface area contributed by atoms with E-state index in [4.69, 9.17) is 10.1 Å². The van der Waals surface area contributed by atoms with Crippen LogP contribution in [0.25, 0.3) is 11.1 Å². The monoisotopic (exact) mass is 458 g/mol. The molecular formula is C26H26N4O2S. The lowest BCUT2D eigenvalue weighted by molar-refractivity contribution is -0.131. The van der Waals surface area contributed by atoms with Gasteiger partial charge in [0.2, 0.25) is 5.91 Å². The fourth-order valence-corrected chi connectivity index (χ4v) is 5.24. The van der Waals surface area contributed by atoms with Crippen LogP contribution in [0.1, 0.15) is 42.7 Å². The third-order valence-electron chi connectivity index (χ3n) is 5.89. The molecule has 1 aliphatic rings. The Labute approximate surface area is 197 Å². The summed E-state index contributed by atoms with van der Waals surface area (Å²) in [5.74, 6) is 0.158. The molecule has 0 spiro atoms. The van der Waals surface area contributed by atoms with Gasteiger partial charge in [-0.05, 0) is 73.2 Å². The van der Waals surface area contributed by atoms with Gasteiger partial charge in [0.25, 0.3) is 0 Å². The minimum atomic E-state index is -0.809. The van der Waals surface area contributed by atoms with Gasteiger partial charge < -0.3 is 10.1 Å². The van der Waals surface area contributed by atoms with Crippen molar-refractivity contribution in [2.45, 2.75) is 38.3 Å². The number of ether oxygens (including phenoxy) is 1. The number of likely N-dealkylation sites (N-methyl/N-ethyl adjacent to an activating group) is 1. The number of guanidine groups is 1. The van der Waals surface area contributed by atoms with E-state index < -0.39 is 11.5 Å². The zero-order valence-corrected chi connectivity index (χ0v) is 19.9. The largest absolute Gasteiger partial charge is 0.491 e. The molecule has 6 nitrogen and oxygen atoms in total. The summed E-state index contributed by atoms with van der Waals surface area (Å²) >= 11 is 1.54. The summed E-state index contributed by atoms with van der Waals surface area (Å²) in [4.78, 5) is 15.7. The van der Waals surface area contributed by atoms with Crippen molar-refractivity contribution in [3.05, 3.63) is 76.0 Å². The molecule has 0 radical (unpaired) electrons. The molecule has 0 bridgehead atoms.